The number of carboxylic acids is 1. The Balaban J connectivity index is 2.00. The van der Waals surface area contributed by atoms with Crippen LogP contribution in [0.4, 0.5) is 0 Å². The standard InChI is InChI=1S/C15H26N2O5S/c1-2-9-23(21,22)17-8-4-3-5-13(17)14(18)16-12-7-6-11(10-12)15(19)20/h11-13H,2-10H2,1H3,(H,16,18)(H,19,20)/t11-,12+,13?/m1/s1. The Labute approximate surface area is 137 Å². The maximum atomic E-state index is 12.5. The zero-order chi connectivity index (χ0) is 17.0. The van der Waals surface area contributed by atoms with E-state index in [9.17, 15) is 18.0 Å². The van der Waals surface area contributed by atoms with Crippen LogP contribution in [-0.2, 0) is 19.6 Å². The van der Waals surface area contributed by atoms with Gasteiger partial charge in [0.2, 0.25) is 15.9 Å². The van der Waals surface area contributed by atoms with Gasteiger partial charge in [-0.05, 0) is 38.5 Å². The molecule has 23 heavy (non-hydrogen) atoms. The van der Waals surface area contributed by atoms with E-state index in [-0.39, 0.29) is 17.7 Å². The van der Waals surface area contributed by atoms with Crippen molar-refractivity contribution in [2.24, 2.45) is 5.92 Å². The highest BCUT2D eigenvalue weighted by Crippen LogP contribution is 2.27. The van der Waals surface area contributed by atoms with E-state index in [0.717, 1.165) is 12.8 Å². The lowest BCUT2D eigenvalue weighted by Crippen LogP contribution is -2.53. The fraction of sp³-hybridized carbons (Fsp3) is 0.867. The van der Waals surface area contributed by atoms with Gasteiger partial charge in [-0.15, -0.1) is 0 Å². The Kier molecular flexibility index (Phi) is 6.02. The first-order chi connectivity index (χ1) is 10.8. The van der Waals surface area contributed by atoms with Crippen LogP contribution >= 0.6 is 0 Å². The third-order valence-electron chi connectivity index (χ3n) is 4.70. The molecule has 1 saturated carbocycles. The van der Waals surface area contributed by atoms with Crippen LogP contribution in [0.5, 0.6) is 0 Å². The molecule has 0 radical (unpaired) electrons. The van der Waals surface area contributed by atoms with Gasteiger partial charge in [-0.3, -0.25) is 9.59 Å². The van der Waals surface area contributed by atoms with Crippen molar-refractivity contribution < 1.29 is 23.1 Å². The van der Waals surface area contributed by atoms with Gasteiger partial charge in [-0.2, -0.15) is 4.31 Å². The van der Waals surface area contributed by atoms with Crippen LogP contribution in [0.25, 0.3) is 0 Å². The molecule has 2 N–H and O–H groups in total. The molecule has 7 nitrogen and oxygen atoms in total. The SMILES string of the molecule is CCCS(=O)(=O)N1CCCCC1C(=O)N[C@H]1CC[C@@H](C(=O)O)C1. The van der Waals surface area contributed by atoms with E-state index in [1.165, 1.54) is 4.31 Å². The van der Waals surface area contributed by atoms with E-state index in [0.29, 0.717) is 38.6 Å². The molecular weight excluding hydrogens is 320 g/mol. The molecule has 3 atom stereocenters. The minimum absolute atomic E-state index is 0.0568. The topological polar surface area (TPSA) is 104 Å². The average Bonchev–Trinajstić information content (AvgIpc) is 2.96. The summed E-state index contributed by atoms with van der Waals surface area (Å²) in [4.78, 5) is 23.5. The third kappa shape index (κ3) is 4.44. The molecule has 1 aliphatic carbocycles. The Morgan fingerprint density at radius 1 is 1.22 bits per heavy atom. The first-order valence-electron chi connectivity index (χ1n) is 8.38. The third-order valence-corrected chi connectivity index (χ3v) is 6.78. The summed E-state index contributed by atoms with van der Waals surface area (Å²) < 4.78 is 26.0. The van der Waals surface area contributed by atoms with Crippen molar-refractivity contribution in [3.05, 3.63) is 0 Å². The second kappa shape index (κ2) is 7.61. The van der Waals surface area contributed by atoms with E-state index in [4.69, 9.17) is 5.11 Å². The molecular formula is C15H26N2O5S. The Bertz CT molecular complexity index is 548. The van der Waals surface area contributed by atoms with Crippen molar-refractivity contribution in [1.29, 1.82) is 0 Å². The summed E-state index contributed by atoms with van der Waals surface area (Å²) in [5, 5.41) is 11.9. The number of carboxylic acid groups (broad SMARTS) is 1. The highest BCUT2D eigenvalue weighted by molar-refractivity contribution is 7.89. The largest absolute Gasteiger partial charge is 0.481 e. The number of nitrogens with zero attached hydrogens (tertiary/aromatic N) is 1. The number of carbonyl (C=O) groups is 2. The van der Waals surface area contributed by atoms with Crippen molar-refractivity contribution in [3.63, 3.8) is 0 Å². The fourth-order valence-corrected chi connectivity index (χ4v) is 5.26. The van der Waals surface area contributed by atoms with Crippen LogP contribution in [0.15, 0.2) is 0 Å². The van der Waals surface area contributed by atoms with Crippen LogP contribution in [0.3, 0.4) is 0 Å². The van der Waals surface area contributed by atoms with Crippen LogP contribution in [0.1, 0.15) is 51.9 Å². The maximum Gasteiger partial charge on any atom is 0.306 e. The number of aliphatic carboxylic acids is 1. The molecule has 1 heterocycles. The van der Waals surface area contributed by atoms with Gasteiger partial charge in [0.25, 0.3) is 0 Å². The number of hydrogen-bond acceptors (Lipinski definition) is 4. The van der Waals surface area contributed by atoms with E-state index < -0.39 is 28.0 Å². The molecule has 1 amide bonds. The number of amides is 1. The summed E-state index contributed by atoms with van der Waals surface area (Å²) in [6, 6.07) is -0.814. The van der Waals surface area contributed by atoms with Crippen molar-refractivity contribution in [2.75, 3.05) is 12.3 Å². The molecule has 2 fully saturated rings. The van der Waals surface area contributed by atoms with Crippen LogP contribution in [0.2, 0.25) is 0 Å². The number of nitrogens with one attached hydrogen (secondary N) is 1. The molecule has 0 spiro atoms. The number of carbonyl (C=O) groups excluding carboxylic acids is 1. The lowest BCUT2D eigenvalue weighted by molar-refractivity contribution is -0.141. The molecule has 8 heteroatoms. The van der Waals surface area contributed by atoms with Gasteiger partial charge in [0.15, 0.2) is 0 Å². The summed E-state index contributed by atoms with van der Waals surface area (Å²) in [5.41, 5.74) is 0. The molecule has 0 aromatic carbocycles. The molecule has 0 aromatic heterocycles. The first-order valence-corrected chi connectivity index (χ1v) is 9.98. The molecule has 2 aliphatic rings. The van der Waals surface area contributed by atoms with Gasteiger partial charge in [-0.1, -0.05) is 13.3 Å². The smallest absolute Gasteiger partial charge is 0.306 e. The Morgan fingerprint density at radius 3 is 2.57 bits per heavy atom. The number of hydrogen-bond donors (Lipinski definition) is 2. The highest BCUT2D eigenvalue weighted by atomic mass is 32.2. The van der Waals surface area contributed by atoms with Gasteiger partial charge in [-0.25, -0.2) is 8.42 Å². The summed E-state index contributed by atoms with van der Waals surface area (Å²) in [5.74, 6) is -1.46. The minimum atomic E-state index is -3.41. The first kappa shape index (κ1) is 18.2. The molecule has 0 bridgehead atoms. The highest BCUT2D eigenvalue weighted by Gasteiger charge is 2.38. The lowest BCUT2D eigenvalue weighted by atomic mass is 10.0. The molecule has 0 aromatic rings. The number of sulfonamides is 1. The van der Waals surface area contributed by atoms with Gasteiger partial charge in [0.05, 0.1) is 11.7 Å². The van der Waals surface area contributed by atoms with E-state index in [1.807, 2.05) is 0 Å². The van der Waals surface area contributed by atoms with E-state index in [2.05, 4.69) is 5.32 Å². The second-order valence-corrected chi connectivity index (χ2v) is 8.53. The molecule has 1 saturated heterocycles. The van der Waals surface area contributed by atoms with Gasteiger partial charge < -0.3 is 10.4 Å². The van der Waals surface area contributed by atoms with Crippen molar-refractivity contribution in [2.45, 2.75) is 64.0 Å². The van der Waals surface area contributed by atoms with Crippen LogP contribution in [-0.4, -0.2) is 54.1 Å². The minimum Gasteiger partial charge on any atom is -0.481 e. The molecule has 1 aliphatic heterocycles. The van der Waals surface area contributed by atoms with Gasteiger partial charge >= 0.3 is 5.97 Å². The number of piperidine rings is 1. The molecule has 1 unspecified atom stereocenters. The molecule has 132 valence electrons. The van der Waals surface area contributed by atoms with E-state index in [1.54, 1.807) is 6.92 Å². The van der Waals surface area contributed by atoms with Gasteiger partial charge in [0.1, 0.15) is 6.04 Å². The van der Waals surface area contributed by atoms with Crippen molar-refractivity contribution in [1.82, 2.24) is 9.62 Å². The predicted octanol–water partition coefficient (Wildman–Crippen LogP) is 0.950. The van der Waals surface area contributed by atoms with Crippen LogP contribution < -0.4 is 5.32 Å². The summed E-state index contributed by atoms with van der Waals surface area (Å²) >= 11 is 0. The Hall–Kier alpha value is -1.15. The monoisotopic (exact) mass is 346 g/mol. The average molecular weight is 346 g/mol. The maximum absolute atomic E-state index is 12.5. The van der Waals surface area contributed by atoms with Crippen molar-refractivity contribution in [3.8, 4) is 0 Å². The lowest BCUT2D eigenvalue weighted by Gasteiger charge is -2.34. The normalized spacial score (nSPS) is 29.3. The van der Waals surface area contributed by atoms with Gasteiger partial charge in [0, 0.05) is 12.6 Å². The fourth-order valence-electron chi connectivity index (χ4n) is 3.51. The quantitative estimate of drug-likeness (QED) is 0.745. The Morgan fingerprint density at radius 2 is 1.96 bits per heavy atom. The van der Waals surface area contributed by atoms with E-state index >= 15 is 0 Å². The molecule has 2 rings (SSSR count). The van der Waals surface area contributed by atoms with Crippen molar-refractivity contribution >= 4 is 21.9 Å². The van der Waals surface area contributed by atoms with Crippen LogP contribution in [0, 0.1) is 5.92 Å². The zero-order valence-corrected chi connectivity index (χ0v) is 14.3. The number of rotatable bonds is 6. The zero-order valence-electron chi connectivity index (χ0n) is 13.5. The predicted molar refractivity (Wildman–Crippen MR) is 85.3 cm³/mol. The summed E-state index contributed by atoms with van der Waals surface area (Å²) in [7, 11) is -3.41. The summed E-state index contributed by atoms with van der Waals surface area (Å²) in [6.07, 6.45) is 4.28. The summed E-state index contributed by atoms with van der Waals surface area (Å²) in [6.45, 7) is 2.20. The second-order valence-electron chi connectivity index (χ2n) is 6.49.